The standard InChI is InChI=1S/C24H36N2O5S/c1-4-11-25-22(30)31-20-9-10-23(2)17(13-21(29)26-14-16-6-5-12-32-16)18(28)7-8-19(23)24(20,3)15-27/h4-6,12,17-20,27-28H,1,7-11,13-15H2,2-3H3,(H,25,30)(H,26,29)/t17-,18-,19?,20-,23+,24+/m1/s1. The highest BCUT2D eigenvalue weighted by atomic mass is 32.1. The van der Waals surface area contributed by atoms with Gasteiger partial charge in [0.15, 0.2) is 0 Å². The van der Waals surface area contributed by atoms with Crippen molar-refractivity contribution in [1.82, 2.24) is 10.6 Å². The molecule has 0 bridgehead atoms. The SMILES string of the molecule is C=CCNC(=O)O[C@@H]1CC[C@]2(C)C(CC[C@@H](O)[C@H]2CC(=O)NCc2cccs2)[C@]1(C)CO. The monoisotopic (exact) mass is 464 g/mol. The van der Waals surface area contributed by atoms with Gasteiger partial charge in [0.25, 0.3) is 0 Å². The Labute approximate surface area is 194 Å². The zero-order valence-electron chi connectivity index (χ0n) is 19.0. The van der Waals surface area contributed by atoms with E-state index in [0.29, 0.717) is 32.4 Å². The Morgan fingerprint density at radius 1 is 1.31 bits per heavy atom. The van der Waals surface area contributed by atoms with Crippen LogP contribution in [0.5, 0.6) is 0 Å². The van der Waals surface area contributed by atoms with Crippen LogP contribution in [0.25, 0.3) is 0 Å². The summed E-state index contributed by atoms with van der Waals surface area (Å²) in [4.78, 5) is 26.0. The van der Waals surface area contributed by atoms with E-state index in [9.17, 15) is 19.8 Å². The molecule has 1 heterocycles. The first kappa shape index (κ1) is 24.7. The molecule has 0 spiro atoms. The van der Waals surface area contributed by atoms with Crippen LogP contribution in [0.15, 0.2) is 30.2 Å². The normalized spacial score (nSPS) is 34.2. The van der Waals surface area contributed by atoms with Gasteiger partial charge in [-0.15, -0.1) is 17.9 Å². The summed E-state index contributed by atoms with van der Waals surface area (Å²) in [5, 5.41) is 28.9. The van der Waals surface area contributed by atoms with Crippen molar-refractivity contribution in [3.8, 4) is 0 Å². The van der Waals surface area contributed by atoms with Crippen molar-refractivity contribution in [3.05, 3.63) is 35.0 Å². The molecule has 6 atom stereocenters. The number of fused-ring (bicyclic) bond motifs is 1. The molecule has 1 unspecified atom stereocenters. The summed E-state index contributed by atoms with van der Waals surface area (Å²) in [6.45, 7) is 8.36. The Morgan fingerprint density at radius 3 is 2.75 bits per heavy atom. The minimum absolute atomic E-state index is 0.0180. The molecule has 2 fully saturated rings. The molecule has 32 heavy (non-hydrogen) atoms. The van der Waals surface area contributed by atoms with E-state index >= 15 is 0 Å². The maximum absolute atomic E-state index is 12.8. The van der Waals surface area contributed by atoms with Gasteiger partial charge < -0.3 is 25.6 Å². The van der Waals surface area contributed by atoms with E-state index in [0.717, 1.165) is 11.3 Å². The Kier molecular flexibility index (Phi) is 8.01. The lowest BCUT2D eigenvalue weighted by Crippen LogP contribution is -2.61. The molecule has 4 N–H and O–H groups in total. The summed E-state index contributed by atoms with van der Waals surface area (Å²) in [6.07, 6.45) is 2.88. The molecule has 2 amide bonds. The molecule has 0 aliphatic heterocycles. The Bertz CT molecular complexity index is 800. The van der Waals surface area contributed by atoms with Crippen LogP contribution in [-0.4, -0.2) is 47.6 Å². The van der Waals surface area contributed by atoms with E-state index in [1.807, 2.05) is 24.4 Å². The molecule has 0 radical (unpaired) electrons. The smallest absolute Gasteiger partial charge is 0.407 e. The van der Waals surface area contributed by atoms with Gasteiger partial charge in [-0.25, -0.2) is 4.79 Å². The van der Waals surface area contributed by atoms with Gasteiger partial charge in [0.05, 0.1) is 19.3 Å². The molecular weight excluding hydrogens is 428 g/mol. The van der Waals surface area contributed by atoms with E-state index in [-0.39, 0.29) is 36.2 Å². The second kappa shape index (κ2) is 10.4. The van der Waals surface area contributed by atoms with Crippen molar-refractivity contribution in [2.75, 3.05) is 13.2 Å². The quantitative estimate of drug-likeness (QED) is 0.442. The minimum Gasteiger partial charge on any atom is -0.446 e. The van der Waals surface area contributed by atoms with Crippen LogP contribution in [0.1, 0.15) is 50.8 Å². The van der Waals surface area contributed by atoms with Crippen LogP contribution in [0.3, 0.4) is 0 Å². The van der Waals surface area contributed by atoms with E-state index in [2.05, 4.69) is 24.1 Å². The second-order valence-corrected chi connectivity index (χ2v) is 10.7. The number of hydrogen-bond acceptors (Lipinski definition) is 6. The van der Waals surface area contributed by atoms with Gasteiger partial charge in [0, 0.05) is 23.3 Å². The molecule has 7 nitrogen and oxygen atoms in total. The molecule has 2 saturated carbocycles. The van der Waals surface area contributed by atoms with E-state index in [1.54, 1.807) is 17.4 Å². The Hall–Kier alpha value is -1.90. The third-order valence-electron chi connectivity index (χ3n) is 7.76. The average molecular weight is 465 g/mol. The van der Waals surface area contributed by atoms with Crippen molar-refractivity contribution in [1.29, 1.82) is 0 Å². The highest BCUT2D eigenvalue weighted by Crippen LogP contribution is 2.61. The lowest BCUT2D eigenvalue weighted by Gasteiger charge is -2.60. The number of amides is 2. The van der Waals surface area contributed by atoms with Crippen LogP contribution in [0, 0.1) is 22.7 Å². The molecule has 178 valence electrons. The molecule has 2 aliphatic rings. The first-order valence-corrected chi connectivity index (χ1v) is 12.3. The molecule has 1 aromatic rings. The molecule has 0 aromatic carbocycles. The summed E-state index contributed by atoms with van der Waals surface area (Å²) in [7, 11) is 0. The van der Waals surface area contributed by atoms with E-state index in [4.69, 9.17) is 4.74 Å². The summed E-state index contributed by atoms with van der Waals surface area (Å²) >= 11 is 1.60. The largest absolute Gasteiger partial charge is 0.446 e. The van der Waals surface area contributed by atoms with Crippen molar-refractivity contribution in [3.63, 3.8) is 0 Å². The van der Waals surface area contributed by atoms with Crippen molar-refractivity contribution in [2.45, 2.75) is 64.7 Å². The number of alkyl carbamates (subject to hydrolysis) is 1. The van der Waals surface area contributed by atoms with Gasteiger partial charge in [0.2, 0.25) is 5.91 Å². The number of nitrogens with one attached hydrogen (secondary N) is 2. The highest BCUT2D eigenvalue weighted by molar-refractivity contribution is 7.09. The maximum atomic E-state index is 12.8. The number of rotatable bonds is 8. The second-order valence-electron chi connectivity index (χ2n) is 9.64. The first-order valence-electron chi connectivity index (χ1n) is 11.4. The predicted molar refractivity (Wildman–Crippen MR) is 124 cm³/mol. The van der Waals surface area contributed by atoms with Gasteiger partial charge in [-0.3, -0.25) is 4.79 Å². The Balaban J connectivity index is 1.73. The van der Waals surface area contributed by atoms with Crippen molar-refractivity contribution < 1.29 is 24.5 Å². The molecule has 8 heteroatoms. The molecule has 1 aromatic heterocycles. The average Bonchev–Trinajstić information content (AvgIpc) is 3.29. The fourth-order valence-electron chi connectivity index (χ4n) is 5.98. The summed E-state index contributed by atoms with van der Waals surface area (Å²) < 4.78 is 5.72. The van der Waals surface area contributed by atoms with Crippen molar-refractivity contribution >= 4 is 23.3 Å². The number of carbonyl (C=O) groups is 2. The predicted octanol–water partition coefficient (Wildman–Crippen LogP) is 3.22. The van der Waals surface area contributed by atoms with E-state index < -0.39 is 23.7 Å². The van der Waals surface area contributed by atoms with Crippen LogP contribution in [-0.2, 0) is 16.1 Å². The van der Waals surface area contributed by atoms with Gasteiger partial charge in [-0.05, 0) is 54.4 Å². The first-order chi connectivity index (χ1) is 15.2. The minimum atomic E-state index is -0.648. The van der Waals surface area contributed by atoms with Crippen LogP contribution in [0.2, 0.25) is 0 Å². The maximum Gasteiger partial charge on any atom is 0.407 e. The zero-order chi connectivity index (χ0) is 23.4. The van der Waals surface area contributed by atoms with Gasteiger partial charge in [-0.2, -0.15) is 0 Å². The third kappa shape index (κ3) is 5.02. The number of hydrogen-bond donors (Lipinski definition) is 4. The molecule has 0 saturated heterocycles. The topological polar surface area (TPSA) is 108 Å². The van der Waals surface area contributed by atoms with Crippen molar-refractivity contribution in [2.24, 2.45) is 22.7 Å². The molecule has 2 aliphatic carbocycles. The fraction of sp³-hybridized carbons (Fsp3) is 0.667. The summed E-state index contributed by atoms with van der Waals surface area (Å²) in [6, 6.07) is 3.94. The third-order valence-corrected chi connectivity index (χ3v) is 8.64. The summed E-state index contributed by atoms with van der Waals surface area (Å²) in [5.41, 5.74) is -0.989. The fourth-order valence-corrected chi connectivity index (χ4v) is 6.62. The van der Waals surface area contributed by atoms with Gasteiger partial charge in [-0.1, -0.05) is 26.0 Å². The lowest BCUT2D eigenvalue weighted by atomic mass is 9.46. The van der Waals surface area contributed by atoms with Crippen LogP contribution in [0.4, 0.5) is 4.79 Å². The number of ether oxygens (including phenoxy) is 1. The van der Waals surface area contributed by atoms with Gasteiger partial charge >= 0.3 is 6.09 Å². The zero-order valence-corrected chi connectivity index (χ0v) is 19.8. The molecular formula is C24H36N2O5S. The number of thiophene rings is 1. The molecule has 3 rings (SSSR count). The lowest BCUT2D eigenvalue weighted by molar-refractivity contribution is -0.185. The summed E-state index contributed by atoms with van der Waals surface area (Å²) in [5.74, 6) is -0.271. The Morgan fingerprint density at radius 2 is 2.09 bits per heavy atom. The number of aliphatic hydroxyl groups excluding tert-OH is 2. The van der Waals surface area contributed by atoms with E-state index in [1.165, 1.54) is 0 Å². The number of carbonyl (C=O) groups excluding carboxylic acids is 2. The van der Waals surface area contributed by atoms with Crippen LogP contribution < -0.4 is 10.6 Å². The van der Waals surface area contributed by atoms with Crippen LogP contribution >= 0.6 is 11.3 Å². The highest BCUT2D eigenvalue weighted by Gasteiger charge is 2.60. The van der Waals surface area contributed by atoms with Gasteiger partial charge in [0.1, 0.15) is 6.10 Å². The number of aliphatic hydroxyl groups is 2.